The fraction of sp³-hybridized carbons (Fsp3) is 0.222. The zero-order chi connectivity index (χ0) is 10.1. The number of aryl methyl sites for hydroxylation is 2. The lowest BCUT2D eigenvalue weighted by atomic mass is 10.5. The molecule has 0 saturated carbocycles. The van der Waals surface area contributed by atoms with E-state index in [0.29, 0.717) is 5.15 Å². The molecule has 0 bridgehead atoms. The van der Waals surface area contributed by atoms with E-state index < -0.39 is 0 Å². The minimum atomic E-state index is 0.528. The highest BCUT2D eigenvalue weighted by atomic mass is 35.5. The van der Waals surface area contributed by atoms with E-state index in [1.165, 1.54) is 11.3 Å². The Bertz CT molecular complexity index is 427. The summed E-state index contributed by atoms with van der Waals surface area (Å²) in [5.74, 6) is 0. The van der Waals surface area contributed by atoms with Crippen molar-refractivity contribution in [2.75, 3.05) is 5.43 Å². The third kappa shape index (κ3) is 1.76. The third-order valence-corrected chi connectivity index (χ3v) is 3.02. The molecule has 0 radical (unpaired) electrons. The Labute approximate surface area is 91.3 Å². The molecule has 0 fully saturated rings. The molecule has 0 aliphatic carbocycles. The average molecular weight is 228 g/mol. The van der Waals surface area contributed by atoms with Gasteiger partial charge in [0.1, 0.15) is 5.15 Å². The van der Waals surface area contributed by atoms with Crippen molar-refractivity contribution in [2.45, 2.75) is 13.8 Å². The molecule has 2 aromatic heterocycles. The van der Waals surface area contributed by atoms with Crippen LogP contribution in [0, 0.1) is 13.8 Å². The van der Waals surface area contributed by atoms with Gasteiger partial charge >= 0.3 is 0 Å². The lowest BCUT2D eigenvalue weighted by Crippen LogP contribution is -2.11. The predicted octanol–water partition coefficient (Wildman–Crippen LogP) is 3.09. The summed E-state index contributed by atoms with van der Waals surface area (Å²) in [5, 5.41) is 3.13. The number of hydrogen-bond donors (Lipinski definition) is 1. The highest BCUT2D eigenvalue weighted by Crippen LogP contribution is 2.20. The van der Waals surface area contributed by atoms with Crippen molar-refractivity contribution in [1.29, 1.82) is 0 Å². The van der Waals surface area contributed by atoms with Gasteiger partial charge in [-0.2, -0.15) is 0 Å². The van der Waals surface area contributed by atoms with Gasteiger partial charge < -0.3 is 0 Å². The monoisotopic (exact) mass is 227 g/mol. The van der Waals surface area contributed by atoms with Gasteiger partial charge in [-0.05, 0) is 26.0 Å². The Kier molecular flexibility index (Phi) is 2.48. The van der Waals surface area contributed by atoms with E-state index in [4.69, 9.17) is 11.6 Å². The van der Waals surface area contributed by atoms with Gasteiger partial charge in [-0.1, -0.05) is 11.6 Å². The number of rotatable bonds is 2. The second-order valence-electron chi connectivity index (χ2n) is 3.04. The first-order chi connectivity index (χ1) is 6.66. The Morgan fingerprint density at radius 2 is 2.00 bits per heavy atom. The summed E-state index contributed by atoms with van der Waals surface area (Å²) in [6.45, 7) is 4.07. The summed E-state index contributed by atoms with van der Waals surface area (Å²) < 4.78 is 1.98. The maximum absolute atomic E-state index is 5.73. The summed E-state index contributed by atoms with van der Waals surface area (Å²) in [6.07, 6.45) is 0. The lowest BCUT2D eigenvalue weighted by molar-refractivity contribution is 0.878. The summed E-state index contributed by atoms with van der Waals surface area (Å²) in [6, 6.07) is 4.11. The number of aromatic nitrogens is 2. The number of thiazole rings is 1. The quantitative estimate of drug-likeness (QED) is 0.855. The van der Waals surface area contributed by atoms with Crippen LogP contribution in [0.3, 0.4) is 0 Å². The zero-order valence-electron chi connectivity index (χ0n) is 7.91. The molecule has 74 valence electrons. The molecule has 0 saturated heterocycles. The Balaban J connectivity index is 2.26. The molecule has 3 nitrogen and oxygen atoms in total. The Hall–Kier alpha value is -1.000. The largest absolute Gasteiger partial charge is 0.269 e. The van der Waals surface area contributed by atoms with Crippen molar-refractivity contribution in [2.24, 2.45) is 0 Å². The van der Waals surface area contributed by atoms with Gasteiger partial charge in [-0.25, -0.2) is 4.98 Å². The molecule has 0 amide bonds. The van der Waals surface area contributed by atoms with E-state index in [1.54, 1.807) is 5.38 Å². The smallest absolute Gasteiger partial charge is 0.203 e. The van der Waals surface area contributed by atoms with Crippen LogP contribution in [0.4, 0.5) is 5.13 Å². The van der Waals surface area contributed by atoms with Crippen molar-refractivity contribution < 1.29 is 0 Å². The molecule has 5 heteroatoms. The maximum atomic E-state index is 5.73. The maximum Gasteiger partial charge on any atom is 0.203 e. The molecule has 2 heterocycles. The fourth-order valence-corrected chi connectivity index (χ4v) is 2.07. The normalized spacial score (nSPS) is 10.5. The van der Waals surface area contributed by atoms with Crippen LogP contribution in [0.25, 0.3) is 0 Å². The second kappa shape index (κ2) is 3.63. The van der Waals surface area contributed by atoms with Gasteiger partial charge in [-0.15, -0.1) is 11.3 Å². The van der Waals surface area contributed by atoms with Gasteiger partial charge in [0.2, 0.25) is 5.13 Å². The molecule has 0 aliphatic rings. The van der Waals surface area contributed by atoms with Crippen LogP contribution in [0.2, 0.25) is 5.15 Å². The predicted molar refractivity (Wildman–Crippen MR) is 60.1 cm³/mol. The number of nitrogens with one attached hydrogen (secondary N) is 1. The van der Waals surface area contributed by atoms with Crippen LogP contribution in [0.1, 0.15) is 11.4 Å². The first-order valence-electron chi connectivity index (χ1n) is 4.20. The number of nitrogens with zero attached hydrogens (tertiary/aromatic N) is 2. The van der Waals surface area contributed by atoms with Gasteiger partial charge in [0.25, 0.3) is 0 Å². The van der Waals surface area contributed by atoms with E-state index in [-0.39, 0.29) is 0 Å². The fourth-order valence-electron chi connectivity index (χ4n) is 1.25. The molecule has 2 aromatic rings. The van der Waals surface area contributed by atoms with Crippen LogP contribution in [0.15, 0.2) is 17.5 Å². The van der Waals surface area contributed by atoms with E-state index in [0.717, 1.165) is 16.5 Å². The van der Waals surface area contributed by atoms with Gasteiger partial charge in [-0.3, -0.25) is 10.1 Å². The molecule has 14 heavy (non-hydrogen) atoms. The van der Waals surface area contributed by atoms with Crippen molar-refractivity contribution >= 4 is 28.1 Å². The van der Waals surface area contributed by atoms with E-state index >= 15 is 0 Å². The summed E-state index contributed by atoms with van der Waals surface area (Å²) >= 11 is 7.22. The minimum Gasteiger partial charge on any atom is -0.269 e. The zero-order valence-corrected chi connectivity index (χ0v) is 9.49. The number of hydrogen-bond acceptors (Lipinski definition) is 3. The van der Waals surface area contributed by atoms with E-state index in [2.05, 4.69) is 22.5 Å². The first kappa shape index (κ1) is 9.55. The van der Waals surface area contributed by atoms with Crippen molar-refractivity contribution in [3.05, 3.63) is 34.1 Å². The molecular formula is C9H10ClN3S. The van der Waals surface area contributed by atoms with Crippen molar-refractivity contribution in [1.82, 2.24) is 9.66 Å². The molecular weight excluding hydrogens is 218 g/mol. The molecule has 0 spiro atoms. The first-order valence-corrected chi connectivity index (χ1v) is 5.45. The van der Waals surface area contributed by atoms with Crippen LogP contribution < -0.4 is 5.43 Å². The van der Waals surface area contributed by atoms with Gasteiger partial charge in [0.05, 0.1) is 0 Å². The Morgan fingerprint density at radius 3 is 2.50 bits per heavy atom. The number of anilines is 1. The molecule has 0 unspecified atom stereocenters. The Morgan fingerprint density at radius 1 is 1.36 bits per heavy atom. The average Bonchev–Trinajstić information content (AvgIpc) is 2.67. The van der Waals surface area contributed by atoms with Gasteiger partial charge in [0, 0.05) is 16.8 Å². The minimum absolute atomic E-state index is 0.528. The molecule has 1 N–H and O–H groups in total. The van der Waals surface area contributed by atoms with Crippen molar-refractivity contribution in [3.8, 4) is 0 Å². The summed E-state index contributed by atoms with van der Waals surface area (Å²) in [4.78, 5) is 4.12. The SMILES string of the molecule is Cc1ccc(C)n1Nc1nc(Cl)cs1. The van der Waals surface area contributed by atoms with Crippen LogP contribution in [0.5, 0.6) is 0 Å². The second-order valence-corrected chi connectivity index (χ2v) is 4.28. The summed E-state index contributed by atoms with van der Waals surface area (Å²) in [7, 11) is 0. The molecule has 0 atom stereocenters. The van der Waals surface area contributed by atoms with Crippen LogP contribution in [-0.4, -0.2) is 9.66 Å². The van der Waals surface area contributed by atoms with Crippen LogP contribution in [-0.2, 0) is 0 Å². The van der Waals surface area contributed by atoms with Crippen LogP contribution >= 0.6 is 22.9 Å². The highest BCUT2D eigenvalue weighted by molar-refractivity contribution is 7.14. The molecule has 0 aromatic carbocycles. The highest BCUT2D eigenvalue weighted by Gasteiger charge is 2.03. The van der Waals surface area contributed by atoms with E-state index in [9.17, 15) is 0 Å². The summed E-state index contributed by atoms with van der Waals surface area (Å²) in [5.41, 5.74) is 5.48. The third-order valence-electron chi connectivity index (χ3n) is 1.95. The standard InChI is InChI=1S/C9H10ClN3S/c1-6-3-4-7(2)13(6)12-9-11-8(10)5-14-9/h3-5H,1-2H3,(H,11,12). The topological polar surface area (TPSA) is 29.9 Å². The molecule has 0 aliphatic heterocycles. The van der Waals surface area contributed by atoms with Gasteiger partial charge in [0.15, 0.2) is 0 Å². The lowest BCUT2D eigenvalue weighted by Gasteiger charge is -2.08. The van der Waals surface area contributed by atoms with E-state index in [1.807, 2.05) is 18.5 Å². The number of halogens is 1. The van der Waals surface area contributed by atoms with Crippen molar-refractivity contribution in [3.63, 3.8) is 0 Å². The molecule has 2 rings (SSSR count).